The first-order valence-electron chi connectivity index (χ1n) is 7.23. The second-order valence-corrected chi connectivity index (χ2v) is 5.17. The molecule has 2 amide bonds. The first-order valence-corrected chi connectivity index (χ1v) is 7.23. The lowest BCUT2D eigenvalue weighted by Gasteiger charge is -2.15. The molecule has 1 aromatic carbocycles. The zero-order chi connectivity index (χ0) is 16.2. The van der Waals surface area contributed by atoms with E-state index in [1.807, 2.05) is 37.3 Å². The van der Waals surface area contributed by atoms with Gasteiger partial charge in [0.1, 0.15) is 5.82 Å². The number of benzene rings is 1. The van der Waals surface area contributed by atoms with Crippen LogP contribution in [0.2, 0.25) is 0 Å². The number of aromatic amines is 1. The second kappa shape index (κ2) is 6.45. The Balaban J connectivity index is 1.72. The van der Waals surface area contributed by atoms with Gasteiger partial charge in [0.05, 0.1) is 30.1 Å². The van der Waals surface area contributed by atoms with Gasteiger partial charge in [-0.05, 0) is 12.5 Å². The smallest absolute Gasteiger partial charge is 0.320 e. The number of carbonyl (C=O) groups excluding carboxylic acids is 1. The number of amides is 2. The number of carbonyl (C=O) groups is 1. The molecule has 0 fully saturated rings. The maximum atomic E-state index is 12.1. The molecule has 7 heteroatoms. The largest absolute Gasteiger partial charge is 0.390 e. The zero-order valence-electron chi connectivity index (χ0n) is 12.6. The van der Waals surface area contributed by atoms with Crippen molar-refractivity contribution in [1.82, 2.24) is 20.5 Å². The third-order valence-corrected chi connectivity index (χ3v) is 3.55. The Morgan fingerprint density at radius 1 is 1.35 bits per heavy atom. The molecular formula is C16H17N5O2. The first-order chi connectivity index (χ1) is 11.2. The monoisotopic (exact) mass is 311 g/mol. The molecule has 7 nitrogen and oxygen atoms in total. The van der Waals surface area contributed by atoms with Gasteiger partial charge >= 0.3 is 6.03 Å². The number of H-pyrrole nitrogens is 1. The number of nitrogens with zero attached hydrogens (tertiary/aromatic N) is 2. The summed E-state index contributed by atoms with van der Waals surface area (Å²) in [6.07, 6.45) is 1.59. The lowest BCUT2D eigenvalue weighted by atomic mass is 10.1. The van der Waals surface area contributed by atoms with Crippen molar-refractivity contribution in [2.24, 2.45) is 0 Å². The summed E-state index contributed by atoms with van der Waals surface area (Å²) in [7, 11) is 0. The molecule has 4 N–H and O–H groups in total. The maximum absolute atomic E-state index is 12.1. The minimum atomic E-state index is -0.364. The Morgan fingerprint density at radius 3 is 2.87 bits per heavy atom. The first kappa shape index (κ1) is 15.0. The van der Waals surface area contributed by atoms with Crippen LogP contribution in [-0.4, -0.2) is 26.3 Å². The fraction of sp³-hybridized carbons (Fsp3) is 0.188. The van der Waals surface area contributed by atoms with E-state index in [0.717, 1.165) is 10.9 Å². The highest BCUT2D eigenvalue weighted by Crippen LogP contribution is 2.19. The molecule has 0 spiro atoms. The summed E-state index contributed by atoms with van der Waals surface area (Å²) in [5, 5.41) is 22.3. The SMILES string of the molecule is CC(NC(=O)Nc1cc2[nH]ncc2c(CO)n1)c1ccccc1. The molecule has 0 saturated heterocycles. The molecule has 0 saturated carbocycles. The van der Waals surface area contributed by atoms with Crippen LogP contribution in [0.1, 0.15) is 24.2 Å². The van der Waals surface area contributed by atoms with Gasteiger partial charge in [-0.25, -0.2) is 9.78 Å². The number of urea groups is 1. The van der Waals surface area contributed by atoms with Crippen molar-refractivity contribution in [3.8, 4) is 0 Å². The van der Waals surface area contributed by atoms with Crippen LogP contribution in [0, 0.1) is 0 Å². The molecule has 0 aliphatic carbocycles. The predicted octanol–water partition coefficient (Wildman–Crippen LogP) is 2.33. The molecule has 1 unspecified atom stereocenters. The van der Waals surface area contributed by atoms with Crippen LogP contribution >= 0.6 is 0 Å². The zero-order valence-corrected chi connectivity index (χ0v) is 12.6. The molecule has 3 aromatic rings. The fourth-order valence-corrected chi connectivity index (χ4v) is 2.37. The number of anilines is 1. The summed E-state index contributed by atoms with van der Waals surface area (Å²) in [5.41, 5.74) is 2.17. The van der Waals surface area contributed by atoms with Crippen molar-refractivity contribution in [2.45, 2.75) is 19.6 Å². The minimum Gasteiger partial charge on any atom is -0.390 e. The number of fused-ring (bicyclic) bond motifs is 1. The van der Waals surface area contributed by atoms with E-state index in [0.29, 0.717) is 17.0 Å². The van der Waals surface area contributed by atoms with E-state index >= 15 is 0 Å². The van der Waals surface area contributed by atoms with Crippen LogP contribution in [-0.2, 0) is 6.61 Å². The fourth-order valence-electron chi connectivity index (χ4n) is 2.37. The third-order valence-electron chi connectivity index (χ3n) is 3.55. The second-order valence-electron chi connectivity index (χ2n) is 5.17. The van der Waals surface area contributed by atoms with Gasteiger partial charge in [-0.15, -0.1) is 0 Å². The molecule has 1 atom stereocenters. The highest BCUT2D eigenvalue weighted by Gasteiger charge is 2.12. The molecular weight excluding hydrogens is 294 g/mol. The van der Waals surface area contributed by atoms with Crippen molar-refractivity contribution < 1.29 is 9.90 Å². The summed E-state index contributed by atoms with van der Waals surface area (Å²) < 4.78 is 0. The molecule has 0 bridgehead atoms. The van der Waals surface area contributed by atoms with Crippen LogP contribution in [0.4, 0.5) is 10.6 Å². The van der Waals surface area contributed by atoms with Gasteiger partial charge in [-0.2, -0.15) is 5.10 Å². The number of nitrogens with one attached hydrogen (secondary N) is 3. The van der Waals surface area contributed by atoms with E-state index < -0.39 is 0 Å². The van der Waals surface area contributed by atoms with Crippen molar-refractivity contribution >= 4 is 22.8 Å². The topological polar surface area (TPSA) is 103 Å². The van der Waals surface area contributed by atoms with Crippen LogP contribution in [0.5, 0.6) is 0 Å². The molecule has 3 rings (SSSR count). The van der Waals surface area contributed by atoms with E-state index in [1.165, 1.54) is 0 Å². The summed E-state index contributed by atoms with van der Waals surface area (Å²) in [6, 6.07) is 10.8. The van der Waals surface area contributed by atoms with Crippen molar-refractivity contribution in [2.75, 3.05) is 5.32 Å². The van der Waals surface area contributed by atoms with Gasteiger partial charge in [0.2, 0.25) is 0 Å². The van der Waals surface area contributed by atoms with E-state index in [1.54, 1.807) is 12.3 Å². The highest BCUT2D eigenvalue weighted by molar-refractivity contribution is 5.91. The molecule has 0 radical (unpaired) electrons. The maximum Gasteiger partial charge on any atom is 0.320 e. The summed E-state index contributed by atoms with van der Waals surface area (Å²) in [6.45, 7) is 1.67. The van der Waals surface area contributed by atoms with Gasteiger partial charge in [0.25, 0.3) is 0 Å². The average Bonchev–Trinajstić information content (AvgIpc) is 3.03. The summed E-state index contributed by atoms with van der Waals surface area (Å²) in [4.78, 5) is 16.3. The quantitative estimate of drug-likeness (QED) is 0.593. The molecule has 0 aliphatic rings. The van der Waals surface area contributed by atoms with Crippen molar-refractivity contribution in [3.63, 3.8) is 0 Å². The number of hydrogen-bond donors (Lipinski definition) is 4. The summed E-state index contributed by atoms with van der Waals surface area (Å²) >= 11 is 0. The van der Waals surface area contributed by atoms with Gasteiger partial charge in [0.15, 0.2) is 0 Å². The lowest BCUT2D eigenvalue weighted by Crippen LogP contribution is -2.31. The molecule has 2 heterocycles. The van der Waals surface area contributed by atoms with Crippen LogP contribution < -0.4 is 10.6 Å². The third kappa shape index (κ3) is 3.29. The van der Waals surface area contributed by atoms with Crippen molar-refractivity contribution in [1.29, 1.82) is 0 Å². The average molecular weight is 311 g/mol. The number of aliphatic hydroxyl groups excluding tert-OH is 1. The normalized spacial score (nSPS) is 12.1. The van der Waals surface area contributed by atoms with Crippen LogP contribution in [0.15, 0.2) is 42.6 Å². The Bertz CT molecular complexity index is 816. The standard InChI is InChI=1S/C16H17N5O2/c1-10(11-5-3-2-4-6-11)18-16(23)20-15-7-13-12(8-17-21-13)14(9-22)19-15/h2-8,10,22H,9H2,1H3,(H,17,21)(H2,18,19,20,23). The van der Waals surface area contributed by atoms with Gasteiger partial charge < -0.3 is 10.4 Å². The lowest BCUT2D eigenvalue weighted by molar-refractivity contribution is 0.249. The molecule has 2 aromatic heterocycles. The van der Waals surface area contributed by atoms with Gasteiger partial charge in [0, 0.05) is 11.5 Å². The minimum absolute atomic E-state index is 0.135. The number of hydrogen-bond acceptors (Lipinski definition) is 4. The Kier molecular flexibility index (Phi) is 4.20. The van der Waals surface area contributed by atoms with E-state index in [9.17, 15) is 9.90 Å². The molecule has 0 aliphatic heterocycles. The van der Waals surface area contributed by atoms with E-state index in [-0.39, 0.29) is 18.7 Å². The van der Waals surface area contributed by atoms with Gasteiger partial charge in [-0.3, -0.25) is 10.4 Å². The Morgan fingerprint density at radius 2 is 2.13 bits per heavy atom. The number of aliphatic hydroxyl groups is 1. The van der Waals surface area contributed by atoms with Crippen molar-refractivity contribution in [3.05, 3.63) is 53.9 Å². The number of aromatic nitrogens is 3. The van der Waals surface area contributed by atoms with Crippen LogP contribution in [0.25, 0.3) is 10.9 Å². The van der Waals surface area contributed by atoms with E-state index in [2.05, 4.69) is 25.8 Å². The van der Waals surface area contributed by atoms with E-state index in [4.69, 9.17) is 0 Å². The number of rotatable bonds is 4. The summed E-state index contributed by atoms with van der Waals surface area (Å²) in [5.74, 6) is 0.351. The molecule has 23 heavy (non-hydrogen) atoms. The highest BCUT2D eigenvalue weighted by atomic mass is 16.3. The predicted molar refractivity (Wildman–Crippen MR) is 86.8 cm³/mol. The van der Waals surface area contributed by atoms with Crippen LogP contribution in [0.3, 0.4) is 0 Å². The Labute approximate surface area is 132 Å². The van der Waals surface area contributed by atoms with Gasteiger partial charge in [-0.1, -0.05) is 30.3 Å². The number of pyridine rings is 1. The Hall–Kier alpha value is -2.93. The molecule has 118 valence electrons.